The molecule has 4 rings (SSSR count). The minimum atomic E-state index is -0.203. The quantitative estimate of drug-likeness (QED) is 0.112. The Balaban J connectivity index is 1.36. The van der Waals surface area contributed by atoms with Crippen molar-refractivity contribution >= 4 is 29.4 Å². The summed E-state index contributed by atoms with van der Waals surface area (Å²) < 4.78 is 10.7. The molecule has 0 aliphatic rings. The maximum atomic E-state index is 12.7. The minimum Gasteiger partial charge on any atom is -0.378 e. The van der Waals surface area contributed by atoms with Crippen molar-refractivity contribution < 1.29 is 14.3 Å². The average Bonchev–Trinajstić information content (AvgIpc) is 3.02. The molecule has 3 aromatic carbocycles. The molecule has 0 atom stereocenters. The molecule has 11 nitrogen and oxygen atoms in total. The summed E-state index contributed by atoms with van der Waals surface area (Å²) in [7, 11) is 0. The van der Waals surface area contributed by atoms with E-state index in [2.05, 4.69) is 48.4 Å². The number of carbonyl (C=O) groups excluding carboxylic acids is 1. The lowest BCUT2D eigenvalue weighted by Gasteiger charge is -2.12. The Morgan fingerprint density at radius 2 is 1.36 bits per heavy atom. The number of anilines is 4. The molecule has 0 aliphatic carbocycles. The van der Waals surface area contributed by atoms with Crippen molar-refractivity contribution in [1.82, 2.24) is 20.3 Å². The lowest BCUT2D eigenvalue weighted by Crippen LogP contribution is -2.27. The van der Waals surface area contributed by atoms with Gasteiger partial charge in [0.2, 0.25) is 17.8 Å². The van der Waals surface area contributed by atoms with Crippen LogP contribution in [-0.2, 0) is 22.4 Å². The van der Waals surface area contributed by atoms with Crippen molar-refractivity contribution in [3.63, 3.8) is 0 Å². The molecule has 6 N–H and O–H groups in total. The van der Waals surface area contributed by atoms with Crippen LogP contribution in [0.25, 0.3) is 0 Å². The van der Waals surface area contributed by atoms with E-state index < -0.39 is 0 Å². The third kappa shape index (κ3) is 10.8. The molecule has 0 saturated heterocycles. The molecule has 0 bridgehead atoms. The van der Waals surface area contributed by atoms with Crippen molar-refractivity contribution in [2.24, 2.45) is 5.73 Å². The van der Waals surface area contributed by atoms with Gasteiger partial charge >= 0.3 is 0 Å². The van der Waals surface area contributed by atoms with E-state index >= 15 is 0 Å². The minimum absolute atomic E-state index is 0.203. The average molecular weight is 571 g/mol. The normalized spacial score (nSPS) is 10.7. The number of nitrogens with two attached hydrogens (primary N) is 1. The second kappa shape index (κ2) is 17.3. The Morgan fingerprint density at radius 1 is 0.690 bits per heavy atom. The van der Waals surface area contributed by atoms with Crippen molar-refractivity contribution in [2.45, 2.75) is 13.0 Å². The molecular weight excluding hydrogens is 532 g/mol. The fourth-order valence-corrected chi connectivity index (χ4v) is 3.94. The lowest BCUT2D eigenvalue weighted by molar-refractivity contribution is 0.0511. The molecule has 0 spiro atoms. The van der Waals surface area contributed by atoms with Crippen molar-refractivity contribution in [3.8, 4) is 0 Å². The Hall–Kier alpha value is -4.58. The summed E-state index contributed by atoms with van der Waals surface area (Å²) in [4.78, 5) is 26.4. The summed E-state index contributed by atoms with van der Waals surface area (Å²) in [5, 5.41) is 12.7. The van der Waals surface area contributed by atoms with Crippen LogP contribution in [0.3, 0.4) is 0 Å². The number of amides is 1. The summed E-state index contributed by atoms with van der Waals surface area (Å²) in [6, 6.07) is 27.4. The molecule has 0 radical (unpaired) electrons. The summed E-state index contributed by atoms with van der Waals surface area (Å²) in [6.07, 6.45) is 0.826. The van der Waals surface area contributed by atoms with Gasteiger partial charge in [0.25, 0.3) is 5.91 Å². The molecule has 0 unspecified atom stereocenters. The molecule has 11 heteroatoms. The third-order valence-electron chi connectivity index (χ3n) is 6.02. The highest BCUT2D eigenvalue weighted by molar-refractivity contribution is 5.95. The summed E-state index contributed by atoms with van der Waals surface area (Å²) in [5.41, 5.74) is 8.88. The Labute approximate surface area is 246 Å². The fourth-order valence-electron chi connectivity index (χ4n) is 3.94. The molecular formula is C31H38N8O3. The van der Waals surface area contributed by atoms with Crippen LogP contribution in [0.1, 0.15) is 21.5 Å². The molecule has 4 aromatic rings. The number of ether oxygens (including phenoxy) is 2. The highest BCUT2D eigenvalue weighted by atomic mass is 16.5. The van der Waals surface area contributed by atoms with Crippen molar-refractivity contribution in [1.29, 1.82) is 0 Å². The maximum Gasteiger partial charge on any atom is 0.251 e. The first-order valence-corrected chi connectivity index (χ1v) is 14.0. The van der Waals surface area contributed by atoms with Gasteiger partial charge in [-0.15, -0.1) is 0 Å². The van der Waals surface area contributed by atoms with Crippen LogP contribution in [0.15, 0.2) is 84.9 Å². The van der Waals surface area contributed by atoms with Gasteiger partial charge in [-0.1, -0.05) is 66.7 Å². The number of nitrogens with one attached hydrogen (secondary N) is 4. The van der Waals surface area contributed by atoms with Gasteiger partial charge < -0.3 is 36.5 Å². The van der Waals surface area contributed by atoms with Gasteiger partial charge in [-0.05, 0) is 35.7 Å². The van der Waals surface area contributed by atoms with E-state index in [1.54, 1.807) is 18.2 Å². The predicted octanol–water partition coefficient (Wildman–Crippen LogP) is 3.60. The van der Waals surface area contributed by atoms with Gasteiger partial charge in [0.05, 0.1) is 26.4 Å². The van der Waals surface area contributed by atoms with E-state index in [0.717, 1.165) is 12.0 Å². The molecule has 0 aliphatic heterocycles. The van der Waals surface area contributed by atoms with Crippen LogP contribution in [-0.4, -0.2) is 66.9 Å². The van der Waals surface area contributed by atoms with Gasteiger partial charge in [-0.3, -0.25) is 4.79 Å². The summed E-state index contributed by atoms with van der Waals surface area (Å²) >= 11 is 0. The van der Waals surface area contributed by atoms with E-state index in [1.165, 1.54) is 5.56 Å². The van der Waals surface area contributed by atoms with Gasteiger partial charge in [0.1, 0.15) is 0 Å². The van der Waals surface area contributed by atoms with Crippen molar-refractivity contribution in [3.05, 3.63) is 102 Å². The van der Waals surface area contributed by atoms with E-state index in [4.69, 9.17) is 15.2 Å². The number of rotatable bonds is 18. The number of carbonyl (C=O) groups is 1. The number of hydrogen-bond acceptors (Lipinski definition) is 10. The topological polar surface area (TPSA) is 148 Å². The second-order valence-corrected chi connectivity index (χ2v) is 9.28. The first-order chi connectivity index (χ1) is 20.7. The highest BCUT2D eigenvalue weighted by Gasteiger charge is 2.10. The first kappa shape index (κ1) is 30.4. The van der Waals surface area contributed by atoms with Crippen LogP contribution < -0.4 is 27.0 Å². The van der Waals surface area contributed by atoms with Crippen LogP contribution in [0.2, 0.25) is 0 Å². The SMILES string of the molecule is NCCOCCOCCNC(=O)c1cccc(Nc2nc(NCCc3ccccc3)nc(NCc3ccccc3)n2)c1. The number of aromatic nitrogens is 3. The monoisotopic (exact) mass is 570 g/mol. The molecule has 1 amide bonds. The van der Waals surface area contributed by atoms with Gasteiger partial charge in [-0.25, -0.2) is 0 Å². The third-order valence-corrected chi connectivity index (χ3v) is 6.02. The van der Waals surface area contributed by atoms with E-state index in [9.17, 15) is 4.79 Å². The van der Waals surface area contributed by atoms with Crippen LogP contribution in [0.4, 0.5) is 23.5 Å². The van der Waals surface area contributed by atoms with Crippen molar-refractivity contribution in [2.75, 3.05) is 62.0 Å². The highest BCUT2D eigenvalue weighted by Crippen LogP contribution is 2.18. The van der Waals surface area contributed by atoms with Gasteiger partial charge in [-0.2, -0.15) is 15.0 Å². The standard InChI is InChI=1S/C31H38N8O3/c32-15-18-41-20-21-42-19-17-33-28(40)26-12-7-13-27(22-26)36-31-38-29(34-16-14-24-8-3-1-4-9-24)37-30(39-31)35-23-25-10-5-2-6-11-25/h1-13,22H,14-21,23,32H2,(H,33,40)(H3,34,35,36,37,38,39). The molecule has 42 heavy (non-hydrogen) atoms. The predicted molar refractivity (Wildman–Crippen MR) is 165 cm³/mol. The zero-order chi connectivity index (χ0) is 29.2. The first-order valence-electron chi connectivity index (χ1n) is 14.0. The summed E-state index contributed by atoms with van der Waals surface area (Å²) in [6.45, 7) is 3.91. The molecule has 0 saturated carbocycles. The zero-order valence-electron chi connectivity index (χ0n) is 23.6. The molecule has 0 fully saturated rings. The van der Waals surface area contributed by atoms with Crippen LogP contribution in [0, 0.1) is 0 Å². The second-order valence-electron chi connectivity index (χ2n) is 9.28. The van der Waals surface area contributed by atoms with Crippen LogP contribution in [0.5, 0.6) is 0 Å². The maximum absolute atomic E-state index is 12.7. The van der Waals surface area contributed by atoms with Gasteiger partial charge in [0, 0.05) is 37.4 Å². The van der Waals surface area contributed by atoms with E-state index in [0.29, 0.717) is 81.7 Å². The Bertz CT molecular complexity index is 1360. The van der Waals surface area contributed by atoms with Gasteiger partial charge in [0.15, 0.2) is 0 Å². The lowest BCUT2D eigenvalue weighted by atomic mass is 10.1. The molecule has 1 heterocycles. The molecule has 1 aromatic heterocycles. The number of benzene rings is 3. The fraction of sp³-hybridized carbons (Fsp3) is 0.290. The Kier molecular flexibility index (Phi) is 12.5. The molecule has 220 valence electrons. The Morgan fingerprint density at radius 3 is 2.10 bits per heavy atom. The number of nitrogens with zero attached hydrogens (tertiary/aromatic N) is 3. The van der Waals surface area contributed by atoms with E-state index in [1.807, 2.05) is 54.6 Å². The smallest absolute Gasteiger partial charge is 0.251 e. The largest absolute Gasteiger partial charge is 0.378 e. The van der Waals surface area contributed by atoms with Crippen LogP contribution >= 0.6 is 0 Å². The summed E-state index contributed by atoms with van der Waals surface area (Å²) in [5.74, 6) is 1.03. The number of hydrogen-bond donors (Lipinski definition) is 5. The zero-order valence-corrected chi connectivity index (χ0v) is 23.6. The van der Waals surface area contributed by atoms with E-state index in [-0.39, 0.29) is 5.91 Å².